The molecule has 0 heterocycles. The number of carbonyl (C=O) groups excluding carboxylic acids is 3. The normalized spacial score (nSPS) is 9.86. The van der Waals surface area contributed by atoms with Crippen molar-refractivity contribution in [2.45, 2.75) is 12.8 Å². The predicted molar refractivity (Wildman–Crippen MR) is 121 cm³/mol. The topological polar surface area (TPSA) is 109 Å². The lowest BCUT2D eigenvalue weighted by atomic mass is 10.2. The van der Waals surface area contributed by atoms with Gasteiger partial charge in [-0.15, -0.1) is 0 Å². The molecule has 0 fully saturated rings. The van der Waals surface area contributed by atoms with Crippen LogP contribution in [0.15, 0.2) is 48.5 Å². The summed E-state index contributed by atoms with van der Waals surface area (Å²) in [6.45, 7) is 0. The fourth-order valence-corrected chi connectivity index (χ4v) is 3.05. The van der Waals surface area contributed by atoms with Gasteiger partial charge in [-0.1, -0.05) is 18.2 Å². The minimum atomic E-state index is -0.441. The summed E-state index contributed by atoms with van der Waals surface area (Å²) in [5, 5.41) is 5.08. The van der Waals surface area contributed by atoms with Crippen LogP contribution in [0.3, 0.4) is 0 Å². The number of benzene rings is 2. The molecule has 0 radical (unpaired) electrons. The van der Waals surface area contributed by atoms with Gasteiger partial charge in [-0.05, 0) is 65.1 Å². The Balaban J connectivity index is 1.71. The summed E-state index contributed by atoms with van der Waals surface area (Å²) in [5.41, 5.74) is 5.83. The van der Waals surface area contributed by atoms with E-state index in [0.29, 0.717) is 17.0 Å². The molecule has 2 aromatic carbocycles. The van der Waals surface area contributed by atoms with E-state index in [0.717, 1.165) is 3.57 Å². The fourth-order valence-electron chi connectivity index (χ4n) is 2.18. The van der Waals surface area contributed by atoms with Crippen molar-refractivity contribution in [1.29, 1.82) is 0 Å². The van der Waals surface area contributed by atoms with Crippen LogP contribution in [0.1, 0.15) is 23.2 Å². The highest BCUT2D eigenvalue weighted by Gasteiger charge is 2.12. The fraction of sp³-hybridized carbons (Fsp3) is 0.158. The van der Waals surface area contributed by atoms with E-state index in [9.17, 15) is 14.4 Å². The molecular formula is C19H19IN4O4S. The van der Waals surface area contributed by atoms with Crippen molar-refractivity contribution in [2.24, 2.45) is 0 Å². The van der Waals surface area contributed by atoms with Crippen molar-refractivity contribution < 1.29 is 19.1 Å². The Bertz CT molecular complexity index is 908. The monoisotopic (exact) mass is 526 g/mol. The summed E-state index contributed by atoms with van der Waals surface area (Å²) in [7, 11) is 1.55. The number of rotatable bonds is 6. The van der Waals surface area contributed by atoms with Crippen LogP contribution < -0.4 is 26.2 Å². The van der Waals surface area contributed by atoms with Crippen LogP contribution in [0, 0.1) is 3.57 Å². The molecule has 0 atom stereocenters. The second kappa shape index (κ2) is 11.3. The van der Waals surface area contributed by atoms with Gasteiger partial charge in [-0.25, -0.2) is 0 Å². The molecule has 4 N–H and O–H groups in total. The van der Waals surface area contributed by atoms with Gasteiger partial charge in [0, 0.05) is 24.1 Å². The van der Waals surface area contributed by atoms with Crippen LogP contribution >= 0.6 is 34.8 Å². The highest BCUT2D eigenvalue weighted by molar-refractivity contribution is 14.1. The minimum absolute atomic E-state index is 0.00577. The number of anilines is 1. The van der Waals surface area contributed by atoms with Crippen molar-refractivity contribution in [1.82, 2.24) is 16.2 Å². The van der Waals surface area contributed by atoms with Gasteiger partial charge in [0.1, 0.15) is 5.75 Å². The first kappa shape index (κ1) is 22.6. The lowest BCUT2D eigenvalue weighted by Gasteiger charge is -2.11. The van der Waals surface area contributed by atoms with Gasteiger partial charge < -0.3 is 10.1 Å². The Hall–Kier alpha value is -2.73. The first-order chi connectivity index (χ1) is 13.9. The van der Waals surface area contributed by atoms with E-state index in [1.54, 1.807) is 49.6 Å². The number of thiocarbonyl (C=S) groups is 1. The molecule has 0 aliphatic rings. The van der Waals surface area contributed by atoms with Crippen LogP contribution in [-0.2, 0) is 9.59 Å². The van der Waals surface area contributed by atoms with Gasteiger partial charge >= 0.3 is 0 Å². The maximum Gasteiger partial charge on any atom is 0.257 e. The van der Waals surface area contributed by atoms with Gasteiger partial charge in [0.05, 0.1) is 10.7 Å². The molecule has 0 spiro atoms. The summed E-state index contributed by atoms with van der Waals surface area (Å²) in [6.07, 6.45) is -0.0370. The van der Waals surface area contributed by atoms with E-state index in [1.165, 1.54) is 0 Å². The molecule has 0 aliphatic carbocycles. The Labute approximate surface area is 186 Å². The van der Waals surface area contributed by atoms with Crippen LogP contribution in [0.25, 0.3) is 0 Å². The maximum atomic E-state index is 12.2. The minimum Gasteiger partial charge on any atom is -0.496 e. The Morgan fingerprint density at radius 2 is 1.69 bits per heavy atom. The Kier molecular flexibility index (Phi) is 8.80. The Morgan fingerprint density at radius 3 is 2.34 bits per heavy atom. The zero-order valence-electron chi connectivity index (χ0n) is 15.5. The summed E-state index contributed by atoms with van der Waals surface area (Å²) in [4.78, 5) is 35.9. The summed E-state index contributed by atoms with van der Waals surface area (Å²) < 4.78 is 5.92. The van der Waals surface area contributed by atoms with E-state index < -0.39 is 11.8 Å². The zero-order valence-corrected chi connectivity index (χ0v) is 18.4. The van der Waals surface area contributed by atoms with Gasteiger partial charge in [-0.2, -0.15) is 0 Å². The van der Waals surface area contributed by atoms with Gasteiger partial charge in [0.25, 0.3) is 5.91 Å². The molecule has 152 valence electrons. The maximum absolute atomic E-state index is 12.2. The number of carbonyl (C=O) groups is 3. The summed E-state index contributed by atoms with van der Waals surface area (Å²) in [6, 6.07) is 13.9. The van der Waals surface area contributed by atoms with Gasteiger partial charge in [-0.3, -0.25) is 30.6 Å². The molecule has 0 aromatic heterocycles. The lowest BCUT2D eigenvalue weighted by Crippen LogP contribution is -2.48. The number of methoxy groups -OCH3 is 1. The molecule has 0 saturated heterocycles. The van der Waals surface area contributed by atoms with Crippen molar-refractivity contribution in [3.8, 4) is 5.75 Å². The first-order valence-corrected chi connectivity index (χ1v) is 9.96. The van der Waals surface area contributed by atoms with E-state index >= 15 is 0 Å². The molecule has 10 heteroatoms. The van der Waals surface area contributed by atoms with E-state index in [1.807, 2.05) is 6.07 Å². The smallest absolute Gasteiger partial charge is 0.257 e. The number of hydrogen-bond donors (Lipinski definition) is 4. The third-order valence-corrected chi connectivity index (χ3v) is 4.64. The standard InChI is InChI=1S/C19H19IN4O4S/c1-28-15-8-7-12(11-14(15)20)18(27)22-19(29)24-23-17(26)10-9-16(25)21-13-5-3-2-4-6-13/h2-8,11H,9-10H2,1H3,(H,21,25)(H,23,26)(H2,22,24,27,29). The number of hydrogen-bond acceptors (Lipinski definition) is 5. The van der Waals surface area contributed by atoms with Gasteiger partial charge in [0.2, 0.25) is 11.8 Å². The van der Waals surface area contributed by atoms with Crippen molar-refractivity contribution in [3.05, 3.63) is 57.7 Å². The highest BCUT2D eigenvalue weighted by Crippen LogP contribution is 2.21. The quantitative estimate of drug-likeness (QED) is 0.262. The van der Waals surface area contributed by atoms with Crippen LogP contribution in [-0.4, -0.2) is 29.9 Å². The van der Waals surface area contributed by atoms with Crippen LogP contribution in [0.5, 0.6) is 5.75 Å². The number of ether oxygens (including phenoxy) is 1. The molecule has 2 aromatic rings. The van der Waals surface area contributed by atoms with Crippen molar-refractivity contribution >= 4 is 63.3 Å². The summed E-state index contributed by atoms with van der Waals surface area (Å²) >= 11 is 7.05. The van der Waals surface area contributed by atoms with E-state index in [2.05, 4.69) is 44.1 Å². The molecular weight excluding hydrogens is 507 g/mol. The largest absolute Gasteiger partial charge is 0.496 e. The molecule has 3 amide bonds. The number of nitrogens with one attached hydrogen (secondary N) is 4. The third-order valence-electron chi connectivity index (χ3n) is 3.59. The van der Waals surface area contributed by atoms with E-state index in [-0.39, 0.29) is 23.9 Å². The number of halogens is 1. The molecule has 0 bridgehead atoms. The lowest BCUT2D eigenvalue weighted by molar-refractivity contribution is -0.124. The molecule has 29 heavy (non-hydrogen) atoms. The Morgan fingerprint density at radius 1 is 1.00 bits per heavy atom. The second-order valence-electron chi connectivity index (χ2n) is 5.72. The summed E-state index contributed by atoms with van der Waals surface area (Å²) in [5.74, 6) is -0.494. The predicted octanol–water partition coefficient (Wildman–Crippen LogP) is 2.35. The number of amides is 3. The molecule has 8 nitrogen and oxygen atoms in total. The van der Waals surface area contributed by atoms with Crippen molar-refractivity contribution in [2.75, 3.05) is 12.4 Å². The SMILES string of the molecule is COc1ccc(C(=O)NC(=S)NNC(=O)CCC(=O)Nc2ccccc2)cc1I. The van der Waals surface area contributed by atoms with Crippen molar-refractivity contribution in [3.63, 3.8) is 0 Å². The second-order valence-corrected chi connectivity index (χ2v) is 7.29. The van der Waals surface area contributed by atoms with E-state index in [4.69, 9.17) is 17.0 Å². The molecule has 2 rings (SSSR count). The highest BCUT2D eigenvalue weighted by atomic mass is 127. The number of hydrazine groups is 1. The zero-order chi connectivity index (χ0) is 21.2. The molecule has 0 saturated carbocycles. The average Bonchev–Trinajstić information content (AvgIpc) is 2.71. The first-order valence-electron chi connectivity index (χ1n) is 8.47. The average molecular weight is 526 g/mol. The van der Waals surface area contributed by atoms with Gasteiger partial charge in [0.15, 0.2) is 5.11 Å². The number of para-hydroxylation sites is 1. The molecule has 0 aliphatic heterocycles. The van der Waals surface area contributed by atoms with Crippen LogP contribution in [0.2, 0.25) is 0 Å². The third kappa shape index (κ3) is 7.66. The molecule has 0 unspecified atom stereocenters. The van der Waals surface area contributed by atoms with Crippen LogP contribution in [0.4, 0.5) is 5.69 Å².